The molecule has 0 unspecified atom stereocenters. The average molecular weight is 406 g/mol. The van der Waals surface area contributed by atoms with Crippen LogP contribution in [0.3, 0.4) is 0 Å². The summed E-state index contributed by atoms with van der Waals surface area (Å²) < 4.78 is 19.7. The molecule has 7 heteroatoms. The Kier molecular flexibility index (Phi) is 5.61. The normalized spacial score (nSPS) is 14.0. The van der Waals surface area contributed by atoms with Crippen molar-refractivity contribution in [3.05, 3.63) is 77.4 Å². The van der Waals surface area contributed by atoms with E-state index in [1.54, 1.807) is 24.0 Å². The van der Waals surface area contributed by atoms with E-state index in [0.29, 0.717) is 54.8 Å². The van der Waals surface area contributed by atoms with E-state index in [1.807, 2.05) is 43.3 Å². The fraction of sp³-hybridized carbons (Fsp3) is 0.261. The zero-order chi connectivity index (χ0) is 21.1. The molecule has 3 aromatic rings. The predicted octanol–water partition coefficient (Wildman–Crippen LogP) is 3.99. The van der Waals surface area contributed by atoms with Crippen LogP contribution < -0.4 is 9.64 Å². The van der Waals surface area contributed by atoms with Crippen molar-refractivity contribution >= 4 is 11.7 Å². The summed E-state index contributed by atoms with van der Waals surface area (Å²) in [5.41, 5.74) is 0.909. The number of aromatic nitrogens is 2. The molecule has 0 spiro atoms. The lowest BCUT2D eigenvalue weighted by Gasteiger charge is -2.35. The molecule has 1 saturated heterocycles. The van der Waals surface area contributed by atoms with Crippen LogP contribution in [-0.2, 0) is 0 Å². The van der Waals surface area contributed by atoms with Gasteiger partial charge >= 0.3 is 0 Å². The zero-order valence-electron chi connectivity index (χ0n) is 17.0. The van der Waals surface area contributed by atoms with Crippen molar-refractivity contribution in [2.24, 2.45) is 0 Å². The van der Waals surface area contributed by atoms with Crippen LogP contribution >= 0.6 is 0 Å². The smallest absolute Gasteiger partial charge is 0.254 e. The highest BCUT2D eigenvalue weighted by molar-refractivity contribution is 5.94. The molecule has 1 aliphatic rings. The highest BCUT2D eigenvalue weighted by atomic mass is 19.1. The molecule has 2 heterocycles. The molecule has 1 aliphatic heterocycles. The van der Waals surface area contributed by atoms with Gasteiger partial charge in [0, 0.05) is 37.8 Å². The number of benzene rings is 2. The first-order valence-electron chi connectivity index (χ1n) is 9.88. The molecule has 0 aliphatic carbocycles. The summed E-state index contributed by atoms with van der Waals surface area (Å²) in [4.78, 5) is 25.5. The Morgan fingerprint density at radius 2 is 1.70 bits per heavy atom. The second-order valence-electron chi connectivity index (χ2n) is 7.27. The Bertz CT molecular complexity index is 1050. The summed E-state index contributed by atoms with van der Waals surface area (Å²) >= 11 is 0. The Balaban J connectivity index is 1.43. The maximum Gasteiger partial charge on any atom is 0.254 e. The summed E-state index contributed by atoms with van der Waals surface area (Å²) in [7, 11) is 0. The third-order valence-electron chi connectivity index (χ3n) is 5.08. The molecule has 1 fully saturated rings. The molecule has 1 amide bonds. The SMILES string of the molecule is Cc1nc(Oc2ccccc2)cc(N2CCN(C(=O)c3ccc(C)c(F)c3)CC2)n1. The molecule has 4 rings (SSSR count). The van der Waals surface area contributed by atoms with Gasteiger partial charge in [0.05, 0.1) is 0 Å². The standard InChI is InChI=1S/C23H23FN4O2/c1-16-8-9-18(14-20(16)24)23(29)28-12-10-27(11-13-28)21-15-22(26-17(2)25-21)30-19-6-4-3-5-7-19/h3-9,14-15H,10-13H2,1-2H3. The number of amides is 1. The lowest BCUT2D eigenvalue weighted by molar-refractivity contribution is 0.0746. The van der Waals surface area contributed by atoms with Crippen LogP contribution in [0.4, 0.5) is 10.2 Å². The van der Waals surface area contributed by atoms with Gasteiger partial charge in [0.15, 0.2) is 0 Å². The van der Waals surface area contributed by atoms with E-state index < -0.39 is 0 Å². The van der Waals surface area contributed by atoms with Gasteiger partial charge in [-0.3, -0.25) is 4.79 Å². The number of para-hydroxylation sites is 1. The monoisotopic (exact) mass is 406 g/mol. The Morgan fingerprint density at radius 3 is 2.40 bits per heavy atom. The van der Waals surface area contributed by atoms with Gasteiger partial charge in [-0.05, 0) is 43.7 Å². The highest BCUT2D eigenvalue weighted by Gasteiger charge is 2.24. The van der Waals surface area contributed by atoms with E-state index in [0.717, 1.165) is 5.82 Å². The average Bonchev–Trinajstić information content (AvgIpc) is 2.75. The number of anilines is 1. The van der Waals surface area contributed by atoms with E-state index in [1.165, 1.54) is 6.07 Å². The molecule has 30 heavy (non-hydrogen) atoms. The van der Waals surface area contributed by atoms with Gasteiger partial charge in [-0.2, -0.15) is 4.98 Å². The number of halogens is 1. The number of nitrogens with zero attached hydrogens (tertiary/aromatic N) is 4. The quantitative estimate of drug-likeness (QED) is 0.656. The first-order chi connectivity index (χ1) is 14.5. The summed E-state index contributed by atoms with van der Waals surface area (Å²) in [6.45, 7) is 5.83. The third-order valence-corrected chi connectivity index (χ3v) is 5.08. The molecular formula is C23H23FN4O2. The number of aryl methyl sites for hydroxylation is 2. The third kappa shape index (κ3) is 4.40. The van der Waals surface area contributed by atoms with Crippen molar-refractivity contribution in [3.63, 3.8) is 0 Å². The molecule has 154 valence electrons. The van der Waals surface area contributed by atoms with Crippen LogP contribution in [0.5, 0.6) is 11.6 Å². The van der Waals surface area contributed by atoms with Crippen LogP contribution in [0.2, 0.25) is 0 Å². The van der Waals surface area contributed by atoms with Crippen LogP contribution in [0.25, 0.3) is 0 Å². The fourth-order valence-corrected chi connectivity index (χ4v) is 3.40. The fourth-order valence-electron chi connectivity index (χ4n) is 3.40. The summed E-state index contributed by atoms with van der Waals surface area (Å²) in [5, 5.41) is 0. The van der Waals surface area contributed by atoms with Gasteiger partial charge in [0.2, 0.25) is 5.88 Å². The number of carbonyl (C=O) groups excluding carboxylic acids is 1. The lowest BCUT2D eigenvalue weighted by atomic mass is 10.1. The van der Waals surface area contributed by atoms with Gasteiger partial charge in [-0.25, -0.2) is 9.37 Å². The van der Waals surface area contributed by atoms with Crippen LogP contribution in [0.15, 0.2) is 54.6 Å². The lowest BCUT2D eigenvalue weighted by Crippen LogP contribution is -2.49. The van der Waals surface area contributed by atoms with Crippen molar-refractivity contribution in [2.45, 2.75) is 13.8 Å². The maximum absolute atomic E-state index is 13.8. The number of hydrogen-bond acceptors (Lipinski definition) is 5. The van der Waals surface area contributed by atoms with E-state index in [9.17, 15) is 9.18 Å². The number of piperazine rings is 1. The summed E-state index contributed by atoms with van der Waals surface area (Å²) in [6.07, 6.45) is 0. The molecule has 0 bridgehead atoms. The summed E-state index contributed by atoms with van der Waals surface area (Å²) in [5.74, 6) is 2.07. The predicted molar refractivity (Wildman–Crippen MR) is 113 cm³/mol. The minimum absolute atomic E-state index is 0.152. The van der Waals surface area contributed by atoms with Crippen LogP contribution in [0.1, 0.15) is 21.7 Å². The van der Waals surface area contributed by atoms with Gasteiger partial charge in [-0.1, -0.05) is 24.3 Å². The van der Waals surface area contributed by atoms with Crippen molar-refractivity contribution < 1.29 is 13.9 Å². The highest BCUT2D eigenvalue weighted by Crippen LogP contribution is 2.24. The van der Waals surface area contributed by atoms with Crippen LogP contribution in [-0.4, -0.2) is 47.0 Å². The summed E-state index contributed by atoms with van der Waals surface area (Å²) in [6, 6.07) is 15.9. The van der Waals surface area contributed by atoms with E-state index in [-0.39, 0.29) is 11.7 Å². The van der Waals surface area contributed by atoms with Crippen LogP contribution in [0, 0.1) is 19.7 Å². The van der Waals surface area contributed by atoms with Crippen molar-refractivity contribution in [2.75, 3.05) is 31.1 Å². The number of ether oxygens (including phenoxy) is 1. The molecule has 6 nitrogen and oxygen atoms in total. The molecule has 2 aromatic carbocycles. The van der Waals surface area contributed by atoms with Crippen molar-refractivity contribution in [3.8, 4) is 11.6 Å². The van der Waals surface area contributed by atoms with E-state index in [2.05, 4.69) is 14.9 Å². The second-order valence-corrected chi connectivity index (χ2v) is 7.27. The first-order valence-corrected chi connectivity index (χ1v) is 9.88. The van der Waals surface area contributed by atoms with Gasteiger partial charge in [0.25, 0.3) is 5.91 Å². The Morgan fingerprint density at radius 1 is 0.967 bits per heavy atom. The van der Waals surface area contributed by atoms with Crippen molar-refractivity contribution in [1.29, 1.82) is 0 Å². The topological polar surface area (TPSA) is 58.6 Å². The first kappa shape index (κ1) is 19.8. The minimum atomic E-state index is -0.359. The molecule has 1 aromatic heterocycles. The zero-order valence-corrected chi connectivity index (χ0v) is 17.0. The maximum atomic E-state index is 13.8. The number of rotatable bonds is 4. The van der Waals surface area contributed by atoms with Gasteiger partial charge in [-0.15, -0.1) is 0 Å². The molecule has 0 atom stereocenters. The largest absolute Gasteiger partial charge is 0.439 e. The van der Waals surface area contributed by atoms with E-state index in [4.69, 9.17) is 4.74 Å². The number of hydrogen-bond donors (Lipinski definition) is 0. The van der Waals surface area contributed by atoms with E-state index >= 15 is 0 Å². The van der Waals surface area contributed by atoms with Gasteiger partial charge in [0.1, 0.15) is 23.2 Å². The second kappa shape index (κ2) is 8.49. The minimum Gasteiger partial charge on any atom is -0.439 e. The number of carbonyl (C=O) groups is 1. The molecule has 0 saturated carbocycles. The Labute approximate surface area is 174 Å². The molecular weight excluding hydrogens is 383 g/mol. The van der Waals surface area contributed by atoms with Crippen molar-refractivity contribution in [1.82, 2.24) is 14.9 Å². The molecule has 0 N–H and O–H groups in total. The molecule has 0 radical (unpaired) electrons. The Hall–Kier alpha value is -3.48. The van der Waals surface area contributed by atoms with Gasteiger partial charge < -0.3 is 14.5 Å².